The fourth-order valence-electron chi connectivity index (χ4n) is 1.41. The highest BCUT2D eigenvalue weighted by Gasteiger charge is 2.40. The largest absolute Gasteiger partial charge is 0.379 e. The van der Waals surface area contributed by atoms with E-state index >= 15 is 0 Å². The Morgan fingerprint density at radius 2 is 2.13 bits per heavy atom. The fourth-order valence-corrected chi connectivity index (χ4v) is 2.78. The number of aliphatic hydroxyl groups is 1. The highest BCUT2D eigenvalue weighted by molar-refractivity contribution is 9.10. The van der Waals surface area contributed by atoms with Crippen LogP contribution in [0.25, 0.3) is 0 Å². The second-order valence-electron chi connectivity index (χ2n) is 3.49. The molecule has 82 valence electrons. The van der Waals surface area contributed by atoms with Gasteiger partial charge < -0.3 is 5.11 Å². The van der Waals surface area contributed by atoms with Crippen LogP contribution in [0.1, 0.15) is 17.8 Å². The number of hydrogen-bond acceptors (Lipinski definition) is 3. The van der Waals surface area contributed by atoms with Gasteiger partial charge in [0.05, 0.1) is 0 Å². The number of aromatic nitrogens is 1. The Kier molecular flexibility index (Phi) is 2.68. The molecule has 1 N–H and O–H groups in total. The van der Waals surface area contributed by atoms with Crippen LogP contribution in [0.4, 0.5) is 8.78 Å². The molecule has 0 radical (unpaired) electrons. The van der Waals surface area contributed by atoms with Gasteiger partial charge in [-0.05, 0) is 34.5 Å². The summed E-state index contributed by atoms with van der Waals surface area (Å²) in [6.45, 7) is 0. The molecule has 6 heteroatoms. The second kappa shape index (κ2) is 3.61. The Bertz CT molecular complexity index is 407. The molecule has 2 nitrogen and oxygen atoms in total. The van der Waals surface area contributed by atoms with Crippen molar-refractivity contribution in [2.24, 2.45) is 0 Å². The first-order valence-electron chi connectivity index (χ1n) is 4.33. The van der Waals surface area contributed by atoms with Crippen LogP contribution in [-0.2, 0) is 5.60 Å². The smallest absolute Gasteiger partial charge is 0.266 e. The Morgan fingerprint density at radius 1 is 1.40 bits per heavy atom. The molecule has 15 heavy (non-hydrogen) atoms. The van der Waals surface area contributed by atoms with Gasteiger partial charge >= 0.3 is 0 Å². The standard InChI is InChI=1S/C9H8BrF2NOS/c10-6-5-15-7(13-6)8(14)1-3-9(11,12)4-2-8/h1,3,5,14H,2,4H2. The van der Waals surface area contributed by atoms with Crippen molar-refractivity contribution >= 4 is 27.3 Å². The number of nitrogens with zero attached hydrogens (tertiary/aromatic N) is 1. The van der Waals surface area contributed by atoms with Crippen LogP contribution in [0, 0.1) is 0 Å². The third kappa shape index (κ3) is 2.26. The number of hydrogen-bond donors (Lipinski definition) is 1. The highest BCUT2D eigenvalue weighted by Crippen LogP contribution is 2.39. The minimum Gasteiger partial charge on any atom is -0.379 e. The van der Waals surface area contributed by atoms with Crippen LogP contribution >= 0.6 is 27.3 Å². The molecule has 1 unspecified atom stereocenters. The molecular weight excluding hydrogens is 288 g/mol. The lowest BCUT2D eigenvalue weighted by Crippen LogP contribution is -2.31. The molecule has 0 aliphatic heterocycles. The molecule has 1 heterocycles. The molecular formula is C9H8BrF2NOS. The lowest BCUT2D eigenvalue weighted by Gasteiger charge is -2.28. The second-order valence-corrected chi connectivity index (χ2v) is 5.16. The predicted molar refractivity (Wildman–Crippen MR) is 57.0 cm³/mol. The molecule has 1 aliphatic carbocycles. The van der Waals surface area contributed by atoms with Crippen molar-refractivity contribution in [2.45, 2.75) is 24.4 Å². The van der Waals surface area contributed by atoms with Crippen molar-refractivity contribution < 1.29 is 13.9 Å². The molecule has 1 aliphatic rings. The molecule has 2 rings (SSSR count). The topological polar surface area (TPSA) is 33.1 Å². The minimum atomic E-state index is -2.80. The van der Waals surface area contributed by atoms with Crippen LogP contribution < -0.4 is 0 Å². The molecule has 0 fully saturated rings. The maximum atomic E-state index is 12.8. The zero-order valence-electron chi connectivity index (χ0n) is 7.58. The van der Waals surface area contributed by atoms with E-state index in [4.69, 9.17) is 0 Å². The van der Waals surface area contributed by atoms with Gasteiger partial charge in [0.25, 0.3) is 5.92 Å². The minimum absolute atomic E-state index is 0.00352. The van der Waals surface area contributed by atoms with Gasteiger partial charge in [0.2, 0.25) is 0 Å². The van der Waals surface area contributed by atoms with Crippen LogP contribution in [0.5, 0.6) is 0 Å². The molecule has 0 amide bonds. The van der Waals surface area contributed by atoms with Gasteiger partial charge in [-0.25, -0.2) is 13.8 Å². The molecule has 0 saturated carbocycles. The molecule has 0 aromatic carbocycles. The van der Waals surface area contributed by atoms with Crippen molar-refractivity contribution in [1.29, 1.82) is 0 Å². The number of alkyl halides is 2. The summed E-state index contributed by atoms with van der Waals surface area (Å²) in [5, 5.41) is 12.3. The molecule has 0 saturated heterocycles. The number of thiazole rings is 1. The van der Waals surface area contributed by atoms with E-state index in [2.05, 4.69) is 20.9 Å². The quantitative estimate of drug-likeness (QED) is 0.808. The predicted octanol–water partition coefficient (Wildman–Crippen LogP) is 3.08. The summed E-state index contributed by atoms with van der Waals surface area (Å²) >= 11 is 4.41. The van der Waals surface area contributed by atoms with Crippen molar-refractivity contribution in [2.75, 3.05) is 0 Å². The number of rotatable bonds is 1. The third-order valence-corrected chi connectivity index (χ3v) is 4.01. The zero-order chi connectivity index (χ0) is 11.1. The first-order valence-corrected chi connectivity index (χ1v) is 6.01. The first-order chi connectivity index (χ1) is 6.91. The van der Waals surface area contributed by atoms with Gasteiger partial charge in [0.15, 0.2) is 0 Å². The van der Waals surface area contributed by atoms with E-state index in [0.717, 1.165) is 12.2 Å². The van der Waals surface area contributed by atoms with Crippen molar-refractivity contribution in [1.82, 2.24) is 4.98 Å². The summed E-state index contributed by atoms with van der Waals surface area (Å²) in [4.78, 5) is 4.04. The summed E-state index contributed by atoms with van der Waals surface area (Å²) < 4.78 is 26.3. The third-order valence-electron chi connectivity index (χ3n) is 2.29. The molecule has 1 atom stereocenters. The van der Waals surface area contributed by atoms with E-state index in [1.54, 1.807) is 5.38 Å². The van der Waals surface area contributed by atoms with Crippen molar-refractivity contribution in [3.05, 3.63) is 27.1 Å². The van der Waals surface area contributed by atoms with Gasteiger partial charge in [-0.3, -0.25) is 0 Å². The molecule has 1 aromatic rings. The van der Waals surface area contributed by atoms with Crippen LogP contribution in [-0.4, -0.2) is 16.0 Å². The Morgan fingerprint density at radius 3 is 2.60 bits per heavy atom. The Labute approximate surface area is 97.8 Å². The van der Waals surface area contributed by atoms with Gasteiger partial charge in [-0.15, -0.1) is 11.3 Å². The average molecular weight is 296 g/mol. The molecule has 0 bridgehead atoms. The average Bonchev–Trinajstić information content (AvgIpc) is 2.59. The first kappa shape index (κ1) is 11.2. The van der Waals surface area contributed by atoms with E-state index in [1.165, 1.54) is 11.3 Å². The maximum Gasteiger partial charge on any atom is 0.266 e. The van der Waals surface area contributed by atoms with E-state index in [1.807, 2.05) is 0 Å². The lowest BCUT2D eigenvalue weighted by molar-refractivity contribution is -0.0138. The summed E-state index contributed by atoms with van der Waals surface area (Å²) in [6, 6.07) is 0. The normalized spacial score (nSPS) is 29.3. The highest BCUT2D eigenvalue weighted by atomic mass is 79.9. The number of halogens is 3. The summed E-state index contributed by atoms with van der Waals surface area (Å²) in [6.07, 6.45) is 1.54. The van der Waals surface area contributed by atoms with Gasteiger partial charge in [0.1, 0.15) is 15.2 Å². The van der Waals surface area contributed by atoms with Crippen LogP contribution in [0.2, 0.25) is 0 Å². The summed E-state index contributed by atoms with van der Waals surface area (Å²) in [7, 11) is 0. The Hall–Kier alpha value is -0.330. The zero-order valence-corrected chi connectivity index (χ0v) is 9.99. The molecule has 0 spiro atoms. The lowest BCUT2D eigenvalue weighted by atomic mass is 9.90. The van der Waals surface area contributed by atoms with Gasteiger partial charge in [0, 0.05) is 11.8 Å². The SMILES string of the molecule is OC1(c2nc(Br)cs2)C=CC(F)(F)CC1. The van der Waals surface area contributed by atoms with Crippen molar-refractivity contribution in [3.63, 3.8) is 0 Å². The maximum absolute atomic E-state index is 12.8. The summed E-state index contributed by atoms with van der Waals surface area (Å²) in [5.74, 6) is -2.80. The van der Waals surface area contributed by atoms with Gasteiger partial charge in [-0.1, -0.05) is 0 Å². The van der Waals surface area contributed by atoms with E-state index < -0.39 is 11.5 Å². The van der Waals surface area contributed by atoms with E-state index in [-0.39, 0.29) is 12.8 Å². The van der Waals surface area contributed by atoms with Gasteiger partial charge in [-0.2, -0.15) is 0 Å². The molecule has 1 aromatic heterocycles. The Balaban J connectivity index is 2.30. The number of allylic oxidation sites excluding steroid dienone is 1. The van der Waals surface area contributed by atoms with E-state index in [0.29, 0.717) is 9.61 Å². The van der Waals surface area contributed by atoms with Crippen LogP contribution in [0.15, 0.2) is 22.1 Å². The van der Waals surface area contributed by atoms with Crippen molar-refractivity contribution in [3.8, 4) is 0 Å². The summed E-state index contributed by atoms with van der Waals surface area (Å²) in [5.41, 5.74) is -1.33. The fraction of sp³-hybridized carbons (Fsp3) is 0.444. The monoisotopic (exact) mass is 295 g/mol. The van der Waals surface area contributed by atoms with E-state index in [9.17, 15) is 13.9 Å². The van der Waals surface area contributed by atoms with Crippen LogP contribution in [0.3, 0.4) is 0 Å².